The molecule has 0 aliphatic rings. The van der Waals surface area contributed by atoms with Crippen molar-refractivity contribution in [2.24, 2.45) is 0 Å². The summed E-state index contributed by atoms with van der Waals surface area (Å²) >= 11 is 0. The van der Waals surface area contributed by atoms with Crippen LogP contribution in [0.1, 0.15) is 41.3 Å². The van der Waals surface area contributed by atoms with Gasteiger partial charge in [0, 0.05) is 0 Å². The Morgan fingerprint density at radius 1 is 1.12 bits per heavy atom. The first-order valence-electron chi connectivity index (χ1n) is 8.26. The van der Waals surface area contributed by atoms with Crippen molar-refractivity contribution in [3.05, 3.63) is 53.1 Å². The molecular formula is C20H23NO5. The van der Waals surface area contributed by atoms with Crippen LogP contribution in [0.3, 0.4) is 0 Å². The number of aromatic carboxylic acids is 1. The third-order valence-electron chi connectivity index (χ3n) is 3.87. The summed E-state index contributed by atoms with van der Waals surface area (Å²) in [4.78, 5) is 23.2. The third-order valence-corrected chi connectivity index (χ3v) is 3.87. The van der Waals surface area contributed by atoms with Crippen molar-refractivity contribution >= 4 is 17.6 Å². The van der Waals surface area contributed by atoms with Crippen LogP contribution in [-0.2, 0) is 4.79 Å². The zero-order valence-corrected chi connectivity index (χ0v) is 15.3. The lowest BCUT2D eigenvalue weighted by Gasteiger charge is -2.15. The summed E-state index contributed by atoms with van der Waals surface area (Å²) in [6.45, 7) is 5.93. The number of hydrogen-bond acceptors (Lipinski definition) is 4. The number of hydrogen-bond donors (Lipinski definition) is 2. The molecule has 2 rings (SSSR count). The molecule has 6 nitrogen and oxygen atoms in total. The molecule has 2 aromatic rings. The molecule has 0 atom stereocenters. The van der Waals surface area contributed by atoms with Gasteiger partial charge in [0.1, 0.15) is 11.5 Å². The fourth-order valence-electron chi connectivity index (χ4n) is 2.50. The maximum atomic E-state index is 12.2. The van der Waals surface area contributed by atoms with Gasteiger partial charge in [-0.25, -0.2) is 4.79 Å². The quantitative estimate of drug-likeness (QED) is 0.786. The zero-order chi connectivity index (χ0) is 19.3. The number of carboxylic acid groups (broad SMARTS) is 1. The van der Waals surface area contributed by atoms with E-state index in [2.05, 4.69) is 19.2 Å². The van der Waals surface area contributed by atoms with Crippen LogP contribution in [0.15, 0.2) is 36.4 Å². The minimum absolute atomic E-state index is 0.0810. The minimum Gasteiger partial charge on any atom is -0.495 e. The molecule has 0 unspecified atom stereocenters. The summed E-state index contributed by atoms with van der Waals surface area (Å²) in [6.07, 6.45) is 0. The van der Waals surface area contributed by atoms with E-state index in [-0.39, 0.29) is 29.7 Å². The van der Waals surface area contributed by atoms with Crippen molar-refractivity contribution in [1.82, 2.24) is 0 Å². The summed E-state index contributed by atoms with van der Waals surface area (Å²) in [5.41, 5.74) is 2.55. The SMILES string of the molecule is COc1cc(C(=O)O)ccc1NC(=O)COc1cc(C)ccc1C(C)C. The Hall–Kier alpha value is -3.02. The van der Waals surface area contributed by atoms with Gasteiger partial charge in [0.25, 0.3) is 5.91 Å². The van der Waals surface area contributed by atoms with E-state index in [1.807, 2.05) is 25.1 Å². The molecule has 0 spiro atoms. The molecule has 0 bridgehead atoms. The lowest BCUT2D eigenvalue weighted by Crippen LogP contribution is -2.21. The highest BCUT2D eigenvalue weighted by Crippen LogP contribution is 2.28. The van der Waals surface area contributed by atoms with Crippen LogP contribution in [-0.4, -0.2) is 30.7 Å². The van der Waals surface area contributed by atoms with Gasteiger partial charge in [0.05, 0.1) is 18.4 Å². The molecule has 138 valence electrons. The number of nitrogens with one attached hydrogen (secondary N) is 1. The average Bonchev–Trinajstić information content (AvgIpc) is 2.59. The Labute approximate surface area is 152 Å². The number of methoxy groups -OCH3 is 1. The van der Waals surface area contributed by atoms with Crippen LogP contribution >= 0.6 is 0 Å². The molecule has 0 radical (unpaired) electrons. The largest absolute Gasteiger partial charge is 0.495 e. The Bertz CT molecular complexity index is 814. The summed E-state index contributed by atoms with van der Waals surface area (Å²) in [5.74, 6) is -0.190. The first-order chi connectivity index (χ1) is 12.3. The second kappa shape index (κ2) is 8.38. The Morgan fingerprint density at radius 2 is 1.85 bits per heavy atom. The smallest absolute Gasteiger partial charge is 0.335 e. The third kappa shape index (κ3) is 4.75. The predicted molar refractivity (Wildman–Crippen MR) is 99.3 cm³/mol. The number of rotatable bonds is 7. The number of amides is 1. The molecule has 0 heterocycles. The topological polar surface area (TPSA) is 84.9 Å². The summed E-state index contributed by atoms with van der Waals surface area (Å²) in [6, 6.07) is 10.2. The molecule has 0 aliphatic heterocycles. The number of aryl methyl sites for hydroxylation is 1. The van der Waals surface area contributed by atoms with Gasteiger partial charge in [-0.05, 0) is 48.2 Å². The maximum Gasteiger partial charge on any atom is 0.335 e. The van der Waals surface area contributed by atoms with E-state index in [0.29, 0.717) is 11.4 Å². The highest BCUT2D eigenvalue weighted by molar-refractivity contribution is 5.95. The summed E-state index contributed by atoms with van der Waals surface area (Å²) < 4.78 is 10.8. The average molecular weight is 357 g/mol. The fraction of sp³-hybridized carbons (Fsp3) is 0.300. The van der Waals surface area contributed by atoms with Crippen molar-refractivity contribution in [2.45, 2.75) is 26.7 Å². The first kappa shape index (κ1) is 19.3. The van der Waals surface area contributed by atoms with Gasteiger partial charge in [-0.2, -0.15) is 0 Å². The highest BCUT2D eigenvalue weighted by atomic mass is 16.5. The van der Waals surface area contributed by atoms with Crippen molar-refractivity contribution in [2.75, 3.05) is 19.0 Å². The summed E-state index contributed by atoms with van der Waals surface area (Å²) in [5, 5.41) is 11.7. The van der Waals surface area contributed by atoms with Crippen LogP contribution in [0.2, 0.25) is 0 Å². The maximum absolute atomic E-state index is 12.2. The van der Waals surface area contributed by atoms with Gasteiger partial charge in [0.15, 0.2) is 6.61 Å². The van der Waals surface area contributed by atoms with Crippen molar-refractivity contribution in [3.8, 4) is 11.5 Å². The number of carbonyl (C=O) groups is 2. The molecule has 2 aromatic carbocycles. The number of carboxylic acids is 1. The number of benzene rings is 2. The van der Waals surface area contributed by atoms with Crippen LogP contribution in [0.25, 0.3) is 0 Å². The molecule has 0 fully saturated rings. The van der Waals surface area contributed by atoms with Crippen LogP contribution in [0.4, 0.5) is 5.69 Å². The van der Waals surface area contributed by atoms with Gasteiger partial charge >= 0.3 is 5.97 Å². The molecule has 2 N–H and O–H groups in total. The second-order valence-corrected chi connectivity index (χ2v) is 6.25. The van der Waals surface area contributed by atoms with E-state index in [1.54, 1.807) is 0 Å². The van der Waals surface area contributed by atoms with Crippen molar-refractivity contribution in [1.29, 1.82) is 0 Å². The lowest BCUT2D eigenvalue weighted by atomic mass is 10.0. The first-order valence-corrected chi connectivity index (χ1v) is 8.26. The summed E-state index contributed by atoms with van der Waals surface area (Å²) in [7, 11) is 1.41. The molecular weight excluding hydrogens is 334 g/mol. The van der Waals surface area contributed by atoms with E-state index < -0.39 is 5.97 Å². The van der Waals surface area contributed by atoms with E-state index in [9.17, 15) is 9.59 Å². The van der Waals surface area contributed by atoms with Crippen LogP contribution < -0.4 is 14.8 Å². The molecule has 0 aromatic heterocycles. The Kier molecular flexibility index (Phi) is 6.22. The number of carbonyl (C=O) groups excluding carboxylic acids is 1. The second-order valence-electron chi connectivity index (χ2n) is 6.25. The zero-order valence-electron chi connectivity index (χ0n) is 15.3. The molecule has 1 amide bonds. The normalized spacial score (nSPS) is 10.5. The van der Waals surface area contributed by atoms with Gasteiger partial charge in [-0.1, -0.05) is 26.0 Å². The molecule has 0 saturated carbocycles. The van der Waals surface area contributed by atoms with Crippen LogP contribution in [0, 0.1) is 6.92 Å². The Morgan fingerprint density at radius 3 is 2.46 bits per heavy atom. The van der Waals surface area contributed by atoms with Crippen molar-refractivity contribution in [3.63, 3.8) is 0 Å². The van der Waals surface area contributed by atoms with Gasteiger partial charge in [0.2, 0.25) is 0 Å². The Balaban J connectivity index is 2.08. The predicted octanol–water partition coefficient (Wildman–Crippen LogP) is 3.84. The fourth-order valence-corrected chi connectivity index (χ4v) is 2.50. The van der Waals surface area contributed by atoms with Crippen molar-refractivity contribution < 1.29 is 24.2 Å². The molecule has 0 saturated heterocycles. The monoisotopic (exact) mass is 357 g/mol. The van der Waals surface area contributed by atoms with Gasteiger partial charge in [-0.15, -0.1) is 0 Å². The van der Waals surface area contributed by atoms with Crippen LogP contribution in [0.5, 0.6) is 11.5 Å². The van der Waals surface area contributed by atoms with E-state index in [1.165, 1.54) is 25.3 Å². The van der Waals surface area contributed by atoms with Gasteiger partial charge < -0.3 is 19.9 Å². The minimum atomic E-state index is -1.06. The standard InChI is InChI=1S/C20H23NO5/c1-12(2)15-7-5-13(3)9-17(15)26-11-19(22)21-16-8-6-14(20(23)24)10-18(16)25-4/h5-10,12H,11H2,1-4H3,(H,21,22)(H,23,24). The molecule has 6 heteroatoms. The number of ether oxygens (including phenoxy) is 2. The van der Waals surface area contributed by atoms with E-state index in [0.717, 1.165) is 11.1 Å². The lowest BCUT2D eigenvalue weighted by molar-refractivity contribution is -0.118. The highest BCUT2D eigenvalue weighted by Gasteiger charge is 2.13. The number of anilines is 1. The van der Waals surface area contributed by atoms with Gasteiger partial charge in [-0.3, -0.25) is 4.79 Å². The molecule has 0 aliphatic carbocycles. The molecule has 26 heavy (non-hydrogen) atoms. The van der Waals surface area contributed by atoms with E-state index in [4.69, 9.17) is 14.6 Å². The van der Waals surface area contributed by atoms with E-state index >= 15 is 0 Å².